The van der Waals surface area contributed by atoms with Crippen molar-refractivity contribution in [1.82, 2.24) is 10.6 Å². The van der Waals surface area contributed by atoms with Crippen LogP contribution in [0.5, 0.6) is 0 Å². The van der Waals surface area contributed by atoms with Crippen molar-refractivity contribution in [3.05, 3.63) is 77.2 Å². The third-order valence-electron chi connectivity index (χ3n) is 4.16. The topological polar surface area (TPSA) is 70.2 Å². The highest BCUT2D eigenvalue weighted by molar-refractivity contribution is 7.95. The number of hydrogen-bond acceptors (Lipinski definition) is 3. The van der Waals surface area contributed by atoms with E-state index in [1.807, 2.05) is 12.1 Å². The number of sulfonamides is 1. The monoisotopic (exact) mass is 417 g/mol. The van der Waals surface area contributed by atoms with E-state index in [9.17, 15) is 8.42 Å². The summed E-state index contributed by atoms with van der Waals surface area (Å²) in [5.74, 6) is 0. The van der Waals surface area contributed by atoms with Crippen LogP contribution in [0, 0.1) is 0 Å². The summed E-state index contributed by atoms with van der Waals surface area (Å²) in [6.45, 7) is 11.0. The molecule has 0 unspecified atom stereocenters. The van der Waals surface area contributed by atoms with Crippen molar-refractivity contribution < 1.29 is 8.42 Å². The molecule has 150 valence electrons. The molecule has 0 radical (unpaired) electrons. The zero-order valence-corrected chi connectivity index (χ0v) is 18.1. The molecule has 0 bridgehead atoms. The Kier molecular flexibility index (Phi) is 7.21. The number of benzene rings is 2. The van der Waals surface area contributed by atoms with Crippen LogP contribution < -0.4 is 15.4 Å². The summed E-state index contributed by atoms with van der Waals surface area (Å²) in [4.78, 5) is 0. The summed E-state index contributed by atoms with van der Waals surface area (Å²) in [6.07, 6.45) is 0. The summed E-state index contributed by atoms with van der Waals surface area (Å²) in [5, 5.41) is 7.79. The molecule has 0 spiro atoms. The van der Waals surface area contributed by atoms with Crippen LogP contribution in [0.25, 0.3) is 0 Å². The van der Waals surface area contributed by atoms with Crippen molar-refractivity contribution in [2.45, 2.75) is 39.3 Å². The average Bonchev–Trinajstić information content (AvgIpc) is 2.65. The molecule has 7 heteroatoms. The van der Waals surface area contributed by atoms with Gasteiger partial charge < -0.3 is 10.6 Å². The molecule has 0 aliphatic rings. The molecule has 3 N–H and O–H groups in total. The highest BCUT2D eigenvalue weighted by atomic mass is 32.2. The van der Waals surface area contributed by atoms with Crippen LogP contribution in [0.3, 0.4) is 0 Å². The smallest absolute Gasteiger partial charge is 0.254 e. The number of nitrogens with one attached hydrogen (secondary N) is 3. The number of anilines is 1. The number of hydrogen-bond donors (Lipinski definition) is 3. The SMILES string of the molecule is C=CS(=O)(=O)Nc1ccc(CNC(=S)NCc2ccc(C(C)(C)C)cc2)cc1. The number of thiocarbonyl (C=S) groups is 1. The van der Waals surface area contributed by atoms with Gasteiger partial charge in [0.2, 0.25) is 0 Å². The summed E-state index contributed by atoms with van der Waals surface area (Å²) in [7, 11) is -3.49. The minimum absolute atomic E-state index is 0.143. The van der Waals surface area contributed by atoms with E-state index in [1.54, 1.807) is 12.1 Å². The fourth-order valence-corrected chi connectivity index (χ4v) is 3.14. The van der Waals surface area contributed by atoms with Gasteiger partial charge in [0, 0.05) is 24.2 Å². The Labute approximate surface area is 173 Å². The maximum absolute atomic E-state index is 11.5. The van der Waals surface area contributed by atoms with Gasteiger partial charge >= 0.3 is 0 Å². The lowest BCUT2D eigenvalue weighted by Gasteiger charge is -2.19. The van der Waals surface area contributed by atoms with E-state index in [0.29, 0.717) is 23.9 Å². The minimum atomic E-state index is -3.49. The van der Waals surface area contributed by atoms with E-state index >= 15 is 0 Å². The van der Waals surface area contributed by atoms with Crippen LogP contribution >= 0.6 is 12.2 Å². The second-order valence-corrected chi connectivity index (χ2v) is 9.53. The quantitative estimate of drug-likeness (QED) is 0.593. The van der Waals surface area contributed by atoms with Gasteiger partial charge in [0.25, 0.3) is 10.0 Å². The van der Waals surface area contributed by atoms with Gasteiger partial charge in [-0.25, -0.2) is 8.42 Å². The fraction of sp³-hybridized carbons (Fsp3) is 0.286. The van der Waals surface area contributed by atoms with Crippen LogP contribution in [0.4, 0.5) is 5.69 Å². The van der Waals surface area contributed by atoms with E-state index in [0.717, 1.165) is 16.5 Å². The first-order chi connectivity index (χ1) is 13.1. The molecule has 0 saturated heterocycles. The molecular weight excluding hydrogens is 390 g/mol. The minimum Gasteiger partial charge on any atom is -0.359 e. The predicted molar refractivity (Wildman–Crippen MR) is 121 cm³/mol. The highest BCUT2D eigenvalue weighted by Crippen LogP contribution is 2.22. The van der Waals surface area contributed by atoms with Gasteiger partial charge in [-0.05, 0) is 46.5 Å². The molecule has 0 amide bonds. The van der Waals surface area contributed by atoms with E-state index in [1.165, 1.54) is 5.56 Å². The summed E-state index contributed by atoms with van der Waals surface area (Å²) in [6, 6.07) is 15.6. The Hall–Kier alpha value is -2.38. The van der Waals surface area contributed by atoms with Gasteiger partial charge in [-0.1, -0.05) is 63.7 Å². The first-order valence-electron chi connectivity index (χ1n) is 8.94. The van der Waals surface area contributed by atoms with Crippen molar-refractivity contribution in [2.24, 2.45) is 0 Å². The van der Waals surface area contributed by atoms with Crippen molar-refractivity contribution in [1.29, 1.82) is 0 Å². The molecule has 0 saturated carbocycles. The predicted octanol–water partition coefficient (Wildman–Crippen LogP) is 4.03. The van der Waals surface area contributed by atoms with Gasteiger partial charge in [-0.2, -0.15) is 0 Å². The lowest BCUT2D eigenvalue weighted by atomic mass is 9.87. The molecule has 2 aromatic carbocycles. The first-order valence-corrected chi connectivity index (χ1v) is 10.9. The van der Waals surface area contributed by atoms with Gasteiger partial charge in [-0.3, -0.25) is 4.72 Å². The normalized spacial score (nSPS) is 11.5. The molecule has 0 aliphatic heterocycles. The summed E-state index contributed by atoms with van der Waals surface area (Å²) >= 11 is 5.33. The fourth-order valence-electron chi connectivity index (χ4n) is 2.45. The lowest BCUT2D eigenvalue weighted by Crippen LogP contribution is -2.34. The molecule has 5 nitrogen and oxygen atoms in total. The zero-order chi connectivity index (χ0) is 20.8. The van der Waals surface area contributed by atoms with Crippen LogP contribution in [-0.4, -0.2) is 13.5 Å². The standard InChI is InChI=1S/C21H27N3O2S2/c1-5-28(25,26)24-19-12-8-17(9-13-19)15-23-20(27)22-14-16-6-10-18(11-7-16)21(2,3)4/h5-13,24H,1,14-15H2,2-4H3,(H2,22,23,27). The third-order valence-corrected chi connectivity index (χ3v) is 5.41. The largest absolute Gasteiger partial charge is 0.359 e. The van der Waals surface area contributed by atoms with Gasteiger partial charge in [0.1, 0.15) is 0 Å². The molecule has 0 fully saturated rings. The molecule has 0 heterocycles. The molecule has 28 heavy (non-hydrogen) atoms. The van der Waals surface area contributed by atoms with Crippen LogP contribution in [0.1, 0.15) is 37.5 Å². The van der Waals surface area contributed by atoms with E-state index in [2.05, 4.69) is 67.0 Å². The van der Waals surface area contributed by atoms with Crippen molar-refractivity contribution in [3.8, 4) is 0 Å². The molecule has 0 aliphatic carbocycles. The van der Waals surface area contributed by atoms with Crippen molar-refractivity contribution in [3.63, 3.8) is 0 Å². The van der Waals surface area contributed by atoms with E-state index in [-0.39, 0.29) is 5.41 Å². The molecular formula is C21H27N3O2S2. The van der Waals surface area contributed by atoms with E-state index < -0.39 is 10.0 Å². The van der Waals surface area contributed by atoms with Crippen molar-refractivity contribution >= 4 is 33.0 Å². The second kappa shape index (κ2) is 9.21. The van der Waals surface area contributed by atoms with Gasteiger partial charge in [0.05, 0.1) is 0 Å². The zero-order valence-electron chi connectivity index (χ0n) is 16.5. The lowest BCUT2D eigenvalue weighted by molar-refractivity contribution is 0.590. The summed E-state index contributed by atoms with van der Waals surface area (Å²) < 4.78 is 25.3. The van der Waals surface area contributed by atoms with Crippen LogP contribution in [0.15, 0.2) is 60.5 Å². The Morgan fingerprint density at radius 1 is 0.964 bits per heavy atom. The maximum Gasteiger partial charge on any atom is 0.254 e. The maximum atomic E-state index is 11.5. The average molecular weight is 418 g/mol. The Bertz CT molecular complexity index is 914. The van der Waals surface area contributed by atoms with Crippen molar-refractivity contribution in [2.75, 3.05) is 4.72 Å². The Balaban J connectivity index is 1.80. The molecule has 2 aromatic rings. The van der Waals surface area contributed by atoms with Gasteiger partial charge in [-0.15, -0.1) is 0 Å². The van der Waals surface area contributed by atoms with E-state index in [4.69, 9.17) is 12.2 Å². The Morgan fingerprint density at radius 2 is 1.43 bits per heavy atom. The van der Waals surface area contributed by atoms with Crippen LogP contribution in [0.2, 0.25) is 0 Å². The first kappa shape index (κ1) is 21.9. The molecule has 0 aromatic heterocycles. The van der Waals surface area contributed by atoms with Crippen LogP contribution in [-0.2, 0) is 28.5 Å². The third kappa shape index (κ3) is 6.98. The second-order valence-electron chi connectivity index (χ2n) is 7.49. The number of rotatable bonds is 7. The highest BCUT2D eigenvalue weighted by Gasteiger charge is 2.12. The summed E-state index contributed by atoms with van der Waals surface area (Å²) in [5.41, 5.74) is 4.08. The molecule has 0 atom stereocenters. The molecule has 2 rings (SSSR count). The Morgan fingerprint density at radius 3 is 1.86 bits per heavy atom. The van der Waals surface area contributed by atoms with Gasteiger partial charge in [0.15, 0.2) is 5.11 Å².